The van der Waals surface area contributed by atoms with Gasteiger partial charge < -0.3 is 19.3 Å². The van der Waals surface area contributed by atoms with Crippen LogP contribution in [-0.4, -0.2) is 74.5 Å². The van der Waals surface area contributed by atoms with Gasteiger partial charge in [0.2, 0.25) is 16.8 Å². The van der Waals surface area contributed by atoms with Gasteiger partial charge in [-0.05, 0) is 48.2 Å². The smallest absolute Gasteiger partial charge is 0.309 e. The number of ether oxygens (including phenoxy) is 3. The second kappa shape index (κ2) is 13.8. The Labute approximate surface area is 242 Å². The highest BCUT2D eigenvalue weighted by molar-refractivity contribution is 7.89. The van der Waals surface area contributed by atoms with Crippen LogP contribution in [0.3, 0.4) is 0 Å². The van der Waals surface area contributed by atoms with E-state index in [2.05, 4.69) is 0 Å². The minimum atomic E-state index is -3.48. The average molecular weight is 593 g/mol. The fourth-order valence-electron chi connectivity index (χ4n) is 5.83. The van der Waals surface area contributed by atoms with Gasteiger partial charge in [0.25, 0.3) is 0 Å². The van der Waals surface area contributed by atoms with E-state index in [0.29, 0.717) is 43.1 Å². The van der Waals surface area contributed by atoms with Crippen molar-refractivity contribution in [3.8, 4) is 17.2 Å². The molecule has 1 fully saturated rings. The molecule has 1 N–H and O–H groups in total. The van der Waals surface area contributed by atoms with Crippen LogP contribution >= 0.6 is 0 Å². The van der Waals surface area contributed by atoms with Crippen LogP contribution in [0, 0.1) is 11.7 Å². The van der Waals surface area contributed by atoms with Gasteiger partial charge in [0.15, 0.2) is 23.1 Å². The van der Waals surface area contributed by atoms with Crippen LogP contribution in [0.5, 0.6) is 17.2 Å². The Balaban J connectivity index is 1.67. The standard InChI is InChI=1S/C30H41FN2O7S/c1-4-6-8-16-41(36,37)33(13-7-5-2)15-14-32-19-23(21-9-12-26-27(18-21)40-20-39-26)28(30(34)35)29(32)22-10-11-25(38-3)24(31)17-22/h9-12,17-18,23,28-29H,4-8,13-16,19-20H2,1-3H3,(H,34,35)/t23-,28?,29+/m1/s1. The first kappa shape index (κ1) is 31.1. The quantitative estimate of drug-likeness (QED) is 0.287. The number of rotatable bonds is 15. The fraction of sp³-hybridized carbons (Fsp3) is 0.567. The van der Waals surface area contributed by atoms with Gasteiger partial charge in [0, 0.05) is 38.1 Å². The van der Waals surface area contributed by atoms with Crippen LogP contribution in [0.4, 0.5) is 4.39 Å². The van der Waals surface area contributed by atoms with Crippen molar-refractivity contribution in [1.29, 1.82) is 0 Å². The summed E-state index contributed by atoms with van der Waals surface area (Å²) < 4.78 is 59.0. The lowest BCUT2D eigenvalue weighted by Gasteiger charge is -2.30. The molecule has 0 radical (unpaired) electrons. The molecule has 0 bridgehead atoms. The zero-order chi connectivity index (χ0) is 29.6. The van der Waals surface area contributed by atoms with E-state index < -0.39 is 39.7 Å². The second-order valence-corrected chi connectivity index (χ2v) is 12.8. The molecule has 0 spiro atoms. The van der Waals surface area contributed by atoms with Crippen LogP contribution in [0.25, 0.3) is 0 Å². The highest BCUT2D eigenvalue weighted by Crippen LogP contribution is 2.48. The van der Waals surface area contributed by atoms with E-state index >= 15 is 0 Å². The Kier molecular flexibility index (Phi) is 10.5. The summed E-state index contributed by atoms with van der Waals surface area (Å²) in [5.41, 5.74) is 1.28. The van der Waals surface area contributed by atoms with Crippen molar-refractivity contribution >= 4 is 16.0 Å². The van der Waals surface area contributed by atoms with Gasteiger partial charge in [0.05, 0.1) is 18.8 Å². The molecule has 3 atom stereocenters. The van der Waals surface area contributed by atoms with Crippen molar-refractivity contribution in [1.82, 2.24) is 9.21 Å². The van der Waals surface area contributed by atoms with Gasteiger partial charge in [-0.3, -0.25) is 9.69 Å². The average Bonchev–Trinajstić information content (AvgIpc) is 3.57. The fourth-order valence-corrected chi connectivity index (χ4v) is 7.43. The van der Waals surface area contributed by atoms with E-state index in [-0.39, 0.29) is 24.8 Å². The van der Waals surface area contributed by atoms with Crippen molar-refractivity contribution < 1.29 is 36.9 Å². The minimum absolute atomic E-state index is 0.0707. The number of fused-ring (bicyclic) bond motifs is 1. The number of methoxy groups -OCH3 is 1. The molecule has 2 aromatic carbocycles. The monoisotopic (exact) mass is 592 g/mol. The molecule has 9 nitrogen and oxygen atoms in total. The van der Waals surface area contributed by atoms with E-state index in [1.807, 2.05) is 30.9 Å². The number of aliphatic carboxylic acids is 1. The van der Waals surface area contributed by atoms with Gasteiger partial charge in [-0.2, -0.15) is 0 Å². The molecule has 1 saturated heterocycles. The molecule has 1 unspecified atom stereocenters. The number of hydrogen-bond donors (Lipinski definition) is 1. The number of unbranched alkanes of at least 4 members (excludes halogenated alkanes) is 3. The van der Waals surface area contributed by atoms with Gasteiger partial charge in [0.1, 0.15) is 0 Å². The molecule has 2 aliphatic heterocycles. The van der Waals surface area contributed by atoms with E-state index in [1.165, 1.54) is 19.2 Å². The topological polar surface area (TPSA) is 106 Å². The summed E-state index contributed by atoms with van der Waals surface area (Å²) in [7, 11) is -2.10. The van der Waals surface area contributed by atoms with Crippen molar-refractivity contribution in [3.63, 3.8) is 0 Å². The maximum atomic E-state index is 14.9. The first-order valence-corrected chi connectivity index (χ1v) is 16.0. The molecule has 2 aliphatic rings. The van der Waals surface area contributed by atoms with Crippen LogP contribution in [0.1, 0.15) is 69.0 Å². The number of carbonyl (C=O) groups is 1. The van der Waals surface area contributed by atoms with Gasteiger partial charge in [-0.15, -0.1) is 0 Å². The third kappa shape index (κ3) is 7.13. The van der Waals surface area contributed by atoms with Crippen LogP contribution in [0.2, 0.25) is 0 Å². The number of nitrogens with zero attached hydrogens (tertiary/aromatic N) is 2. The molecule has 0 aromatic heterocycles. The predicted molar refractivity (Wildman–Crippen MR) is 153 cm³/mol. The first-order chi connectivity index (χ1) is 19.7. The van der Waals surface area contributed by atoms with Gasteiger partial charge in [-0.25, -0.2) is 17.1 Å². The largest absolute Gasteiger partial charge is 0.494 e. The first-order valence-electron chi connectivity index (χ1n) is 14.4. The third-order valence-electron chi connectivity index (χ3n) is 8.02. The highest BCUT2D eigenvalue weighted by Gasteiger charge is 2.48. The van der Waals surface area contributed by atoms with E-state index in [9.17, 15) is 22.7 Å². The lowest BCUT2D eigenvalue weighted by atomic mass is 9.82. The number of carboxylic acid groups (broad SMARTS) is 1. The second-order valence-electron chi connectivity index (χ2n) is 10.7. The molecule has 0 amide bonds. The van der Waals surface area contributed by atoms with Gasteiger partial charge in [-0.1, -0.05) is 45.2 Å². The Bertz CT molecular complexity index is 1310. The number of halogens is 1. The van der Waals surface area contributed by atoms with Crippen molar-refractivity contribution in [2.24, 2.45) is 5.92 Å². The molecular weight excluding hydrogens is 551 g/mol. The highest BCUT2D eigenvalue weighted by atomic mass is 32.2. The molecule has 0 saturated carbocycles. The Morgan fingerprint density at radius 3 is 2.46 bits per heavy atom. The van der Waals surface area contributed by atoms with Crippen molar-refractivity contribution in [2.75, 3.05) is 45.8 Å². The lowest BCUT2D eigenvalue weighted by molar-refractivity contribution is -0.143. The number of sulfonamides is 1. The maximum absolute atomic E-state index is 14.9. The minimum Gasteiger partial charge on any atom is -0.494 e. The lowest BCUT2D eigenvalue weighted by Crippen LogP contribution is -2.40. The Morgan fingerprint density at radius 1 is 1.05 bits per heavy atom. The molecular formula is C30H41FN2O7S. The van der Waals surface area contributed by atoms with Crippen LogP contribution < -0.4 is 14.2 Å². The molecule has 4 rings (SSSR count). The van der Waals surface area contributed by atoms with Crippen molar-refractivity contribution in [2.45, 2.75) is 57.9 Å². The number of hydrogen-bond acceptors (Lipinski definition) is 7. The maximum Gasteiger partial charge on any atom is 0.309 e. The molecule has 2 aromatic rings. The van der Waals surface area contributed by atoms with Crippen molar-refractivity contribution in [3.05, 3.63) is 53.3 Å². The Morgan fingerprint density at radius 2 is 1.78 bits per heavy atom. The number of carboxylic acids is 1. The summed E-state index contributed by atoms with van der Waals surface area (Å²) in [6, 6.07) is 9.26. The molecule has 11 heteroatoms. The predicted octanol–water partition coefficient (Wildman–Crippen LogP) is 5.03. The molecule has 41 heavy (non-hydrogen) atoms. The van der Waals surface area contributed by atoms with Crippen LogP contribution in [-0.2, 0) is 14.8 Å². The summed E-state index contributed by atoms with van der Waals surface area (Å²) in [6.45, 7) is 5.45. The zero-order valence-electron chi connectivity index (χ0n) is 24.1. The molecule has 0 aliphatic carbocycles. The molecule has 2 heterocycles. The Hall–Kier alpha value is -2.89. The summed E-state index contributed by atoms with van der Waals surface area (Å²) in [5.74, 6) is -1.62. The van der Waals surface area contributed by atoms with Crippen LogP contribution in [0.15, 0.2) is 36.4 Å². The summed E-state index contributed by atoms with van der Waals surface area (Å²) in [4.78, 5) is 14.8. The van der Waals surface area contributed by atoms with E-state index in [0.717, 1.165) is 31.2 Å². The normalized spacial score (nSPS) is 20.6. The SMILES string of the molecule is CCCCCS(=O)(=O)N(CCCC)CCN1C[C@H](c2ccc3c(c2)OCO3)C(C(=O)O)[C@@H]1c1ccc(OC)c(F)c1. The summed E-state index contributed by atoms with van der Waals surface area (Å²) >= 11 is 0. The summed E-state index contributed by atoms with van der Waals surface area (Å²) in [5, 5.41) is 10.5. The van der Waals surface area contributed by atoms with E-state index in [1.54, 1.807) is 16.4 Å². The van der Waals surface area contributed by atoms with Gasteiger partial charge >= 0.3 is 5.97 Å². The summed E-state index contributed by atoms with van der Waals surface area (Å²) in [6.07, 6.45) is 3.96. The molecule has 226 valence electrons. The van der Waals surface area contributed by atoms with E-state index in [4.69, 9.17) is 14.2 Å². The third-order valence-corrected chi connectivity index (χ3v) is 9.98. The number of benzene rings is 2. The zero-order valence-corrected chi connectivity index (χ0v) is 24.9. The number of likely N-dealkylation sites (tertiary alicyclic amines) is 1.